The van der Waals surface area contributed by atoms with Gasteiger partial charge in [-0.15, -0.1) is 0 Å². The van der Waals surface area contributed by atoms with E-state index in [1.54, 1.807) is 13.0 Å². The second-order valence-corrected chi connectivity index (χ2v) is 5.31. The second-order valence-electron chi connectivity index (χ2n) is 5.31. The number of aliphatic hydroxyl groups is 1. The summed E-state index contributed by atoms with van der Waals surface area (Å²) in [4.78, 5) is 13.9. The van der Waals surface area contributed by atoms with Crippen molar-refractivity contribution in [3.63, 3.8) is 0 Å². The van der Waals surface area contributed by atoms with E-state index in [2.05, 4.69) is 4.90 Å². The SMILES string of the molecule is CCOC(=O)c1ccoc1CN(C)C1CCCCC1O. The second kappa shape index (κ2) is 6.90. The first kappa shape index (κ1) is 15.1. The lowest BCUT2D eigenvalue weighted by atomic mass is 9.91. The van der Waals surface area contributed by atoms with Crippen LogP contribution in [-0.4, -0.2) is 41.8 Å². The van der Waals surface area contributed by atoms with Gasteiger partial charge >= 0.3 is 5.97 Å². The molecule has 1 aromatic rings. The van der Waals surface area contributed by atoms with Crippen LogP contribution in [0.5, 0.6) is 0 Å². The maximum Gasteiger partial charge on any atom is 0.341 e. The summed E-state index contributed by atoms with van der Waals surface area (Å²) < 4.78 is 10.4. The molecule has 2 unspecified atom stereocenters. The first-order chi connectivity index (χ1) is 9.63. The number of hydrogen-bond acceptors (Lipinski definition) is 5. The van der Waals surface area contributed by atoms with E-state index in [0.717, 1.165) is 25.7 Å². The Morgan fingerprint density at radius 3 is 2.95 bits per heavy atom. The molecule has 0 aliphatic heterocycles. The molecule has 0 spiro atoms. The van der Waals surface area contributed by atoms with Crippen LogP contribution in [0.25, 0.3) is 0 Å². The molecular formula is C15H23NO4. The number of likely N-dealkylation sites (N-methyl/N-ethyl adjacent to an activating group) is 1. The largest absolute Gasteiger partial charge is 0.467 e. The average Bonchev–Trinajstić information content (AvgIpc) is 2.87. The van der Waals surface area contributed by atoms with Crippen molar-refractivity contribution in [2.24, 2.45) is 0 Å². The summed E-state index contributed by atoms with van der Waals surface area (Å²) >= 11 is 0. The summed E-state index contributed by atoms with van der Waals surface area (Å²) in [7, 11) is 1.96. The first-order valence-electron chi connectivity index (χ1n) is 7.25. The van der Waals surface area contributed by atoms with Crippen LogP contribution in [0.15, 0.2) is 16.7 Å². The van der Waals surface area contributed by atoms with Gasteiger partial charge in [-0.25, -0.2) is 4.79 Å². The van der Waals surface area contributed by atoms with E-state index in [0.29, 0.717) is 24.5 Å². The fourth-order valence-corrected chi connectivity index (χ4v) is 2.80. The number of rotatable bonds is 5. The molecule has 0 radical (unpaired) electrons. The number of carbonyl (C=O) groups is 1. The van der Waals surface area contributed by atoms with Gasteiger partial charge in [0.2, 0.25) is 0 Å². The molecular weight excluding hydrogens is 258 g/mol. The van der Waals surface area contributed by atoms with Crippen molar-refractivity contribution in [3.8, 4) is 0 Å². The summed E-state index contributed by atoms with van der Waals surface area (Å²) in [5.74, 6) is 0.248. The molecule has 1 aliphatic rings. The van der Waals surface area contributed by atoms with Crippen LogP contribution in [-0.2, 0) is 11.3 Å². The predicted molar refractivity (Wildman–Crippen MR) is 74.4 cm³/mol. The van der Waals surface area contributed by atoms with E-state index in [1.165, 1.54) is 6.26 Å². The van der Waals surface area contributed by atoms with Gasteiger partial charge in [0.25, 0.3) is 0 Å². The van der Waals surface area contributed by atoms with Crippen LogP contribution < -0.4 is 0 Å². The number of carbonyl (C=O) groups excluding carboxylic acids is 1. The Bertz CT molecular complexity index is 443. The van der Waals surface area contributed by atoms with Gasteiger partial charge in [-0.1, -0.05) is 12.8 Å². The summed E-state index contributed by atoms with van der Waals surface area (Å²) in [6.07, 6.45) is 5.25. The highest BCUT2D eigenvalue weighted by molar-refractivity contribution is 5.90. The molecule has 0 bridgehead atoms. The number of ether oxygens (including phenoxy) is 1. The average molecular weight is 281 g/mol. The molecule has 0 saturated heterocycles. The normalized spacial score (nSPS) is 23.0. The lowest BCUT2D eigenvalue weighted by Gasteiger charge is -2.34. The van der Waals surface area contributed by atoms with Gasteiger partial charge in [-0.05, 0) is 32.9 Å². The Hall–Kier alpha value is -1.33. The maximum absolute atomic E-state index is 11.8. The smallest absolute Gasteiger partial charge is 0.341 e. The van der Waals surface area contributed by atoms with Gasteiger partial charge in [0.15, 0.2) is 0 Å². The fourth-order valence-electron chi connectivity index (χ4n) is 2.80. The Morgan fingerprint density at radius 2 is 2.25 bits per heavy atom. The van der Waals surface area contributed by atoms with E-state index < -0.39 is 0 Å². The number of hydrogen-bond donors (Lipinski definition) is 1. The fraction of sp³-hybridized carbons (Fsp3) is 0.667. The van der Waals surface area contributed by atoms with Gasteiger partial charge in [0, 0.05) is 6.04 Å². The zero-order chi connectivity index (χ0) is 14.5. The van der Waals surface area contributed by atoms with Crippen LogP contribution in [0.4, 0.5) is 0 Å². The summed E-state index contributed by atoms with van der Waals surface area (Å²) in [6.45, 7) is 2.63. The molecule has 1 fully saturated rings. The number of furan rings is 1. The molecule has 112 valence electrons. The Morgan fingerprint density at radius 1 is 1.50 bits per heavy atom. The Balaban J connectivity index is 2.02. The third-order valence-corrected chi connectivity index (χ3v) is 3.89. The molecule has 1 heterocycles. The molecule has 5 nitrogen and oxygen atoms in total. The van der Waals surface area contributed by atoms with Crippen molar-refractivity contribution in [3.05, 3.63) is 23.7 Å². The minimum atomic E-state index is -0.353. The zero-order valence-electron chi connectivity index (χ0n) is 12.2. The molecule has 20 heavy (non-hydrogen) atoms. The van der Waals surface area contributed by atoms with Gasteiger partial charge in [-0.2, -0.15) is 0 Å². The van der Waals surface area contributed by atoms with Crippen molar-refractivity contribution in [1.29, 1.82) is 0 Å². The Kier molecular flexibility index (Phi) is 5.20. The van der Waals surface area contributed by atoms with E-state index >= 15 is 0 Å². The van der Waals surface area contributed by atoms with Crippen molar-refractivity contribution in [1.82, 2.24) is 4.90 Å². The van der Waals surface area contributed by atoms with Crippen molar-refractivity contribution < 1.29 is 19.1 Å². The highest BCUT2D eigenvalue weighted by Crippen LogP contribution is 2.24. The standard InChI is InChI=1S/C15H23NO4/c1-3-19-15(18)11-8-9-20-14(11)10-16(2)12-6-4-5-7-13(12)17/h8-9,12-13,17H,3-7,10H2,1-2H3. The number of nitrogens with zero attached hydrogens (tertiary/aromatic N) is 1. The van der Waals surface area contributed by atoms with Gasteiger partial charge in [0.05, 0.1) is 25.5 Å². The van der Waals surface area contributed by atoms with Crippen LogP contribution in [0.2, 0.25) is 0 Å². The van der Waals surface area contributed by atoms with E-state index in [-0.39, 0.29) is 18.1 Å². The van der Waals surface area contributed by atoms with Crippen molar-refractivity contribution in [2.45, 2.75) is 51.3 Å². The molecule has 1 aromatic heterocycles. The number of aliphatic hydroxyl groups excluding tert-OH is 1. The molecule has 1 saturated carbocycles. The van der Waals surface area contributed by atoms with E-state index in [9.17, 15) is 9.90 Å². The first-order valence-corrected chi connectivity index (χ1v) is 7.25. The molecule has 0 aromatic carbocycles. The van der Waals surface area contributed by atoms with Crippen LogP contribution >= 0.6 is 0 Å². The summed E-state index contributed by atoms with van der Waals surface area (Å²) in [5, 5.41) is 10.1. The van der Waals surface area contributed by atoms with Crippen LogP contribution in [0.3, 0.4) is 0 Å². The molecule has 5 heteroatoms. The van der Waals surface area contributed by atoms with E-state index in [4.69, 9.17) is 9.15 Å². The zero-order valence-corrected chi connectivity index (χ0v) is 12.2. The van der Waals surface area contributed by atoms with E-state index in [1.807, 2.05) is 7.05 Å². The van der Waals surface area contributed by atoms with Gasteiger partial charge in [-0.3, -0.25) is 4.90 Å². The van der Waals surface area contributed by atoms with Crippen LogP contribution in [0, 0.1) is 0 Å². The van der Waals surface area contributed by atoms with Gasteiger partial charge < -0.3 is 14.3 Å². The topological polar surface area (TPSA) is 62.9 Å². The highest BCUT2D eigenvalue weighted by Gasteiger charge is 2.28. The molecule has 2 rings (SSSR count). The lowest BCUT2D eigenvalue weighted by Crippen LogP contribution is -2.43. The Labute approximate surface area is 119 Å². The predicted octanol–water partition coefficient (Wildman–Crippen LogP) is 2.19. The monoisotopic (exact) mass is 281 g/mol. The molecule has 2 atom stereocenters. The molecule has 1 aliphatic carbocycles. The third kappa shape index (κ3) is 3.41. The lowest BCUT2D eigenvalue weighted by molar-refractivity contribution is 0.0258. The minimum Gasteiger partial charge on any atom is -0.467 e. The molecule has 0 amide bonds. The third-order valence-electron chi connectivity index (χ3n) is 3.89. The minimum absolute atomic E-state index is 0.129. The quantitative estimate of drug-likeness (QED) is 0.838. The van der Waals surface area contributed by atoms with Crippen LogP contribution in [0.1, 0.15) is 48.7 Å². The van der Waals surface area contributed by atoms with Crippen molar-refractivity contribution in [2.75, 3.05) is 13.7 Å². The molecule has 1 N–H and O–H groups in total. The highest BCUT2D eigenvalue weighted by atomic mass is 16.5. The number of esters is 1. The van der Waals surface area contributed by atoms with Crippen molar-refractivity contribution >= 4 is 5.97 Å². The maximum atomic E-state index is 11.8. The van der Waals surface area contributed by atoms with Gasteiger partial charge in [0.1, 0.15) is 11.3 Å². The summed E-state index contributed by atoms with van der Waals surface area (Å²) in [5.41, 5.74) is 0.476. The summed E-state index contributed by atoms with van der Waals surface area (Å²) in [6, 6.07) is 1.77.